The van der Waals surface area contributed by atoms with Gasteiger partial charge in [0, 0.05) is 5.56 Å². The predicted octanol–water partition coefficient (Wildman–Crippen LogP) is 2.85. The summed E-state index contributed by atoms with van der Waals surface area (Å²) in [5.74, 6) is -13.9. The van der Waals surface area contributed by atoms with Crippen LogP contribution in [0.3, 0.4) is 0 Å². The molecule has 0 spiro atoms. The number of halogens is 7. The van der Waals surface area contributed by atoms with Crippen LogP contribution in [0.4, 0.5) is 30.7 Å². The van der Waals surface area contributed by atoms with E-state index in [4.69, 9.17) is 5.11 Å². The van der Waals surface area contributed by atoms with Crippen molar-refractivity contribution in [2.75, 3.05) is 13.2 Å². The van der Waals surface area contributed by atoms with Crippen LogP contribution in [0.5, 0.6) is 0 Å². The quantitative estimate of drug-likeness (QED) is 0.669. The highest BCUT2D eigenvalue weighted by molar-refractivity contribution is 5.95. The van der Waals surface area contributed by atoms with Gasteiger partial charge in [-0.15, -0.1) is 0 Å². The van der Waals surface area contributed by atoms with Gasteiger partial charge in [-0.2, -0.15) is 30.7 Å². The molecule has 0 aromatic heterocycles. The maximum Gasteiger partial charge on any atom is 0.459 e. The molecule has 0 aliphatic rings. The molecule has 0 unspecified atom stereocenters. The molecular weight excluding hydrogens is 379 g/mol. The first-order chi connectivity index (χ1) is 11.8. The van der Waals surface area contributed by atoms with E-state index >= 15 is 0 Å². The molecule has 1 aromatic rings. The van der Waals surface area contributed by atoms with Gasteiger partial charge in [-0.3, -0.25) is 9.59 Å². The molecule has 1 amide bonds. The molecule has 146 valence electrons. The highest BCUT2D eigenvalue weighted by Crippen LogP contribution is 2.46. The SMILES string of the molecule is O=C(O)CNC(=O)c1cccc(COCC(F)(F)C(F)(F)C(F)(F)F)c1. The molecule has 12 heteroatoms. The molecule has 0 saturated heterocycles. The number of rotatable bonds is 8. The maximum absolute atomic E-state index is 13.1. The molecule has 1 rings (SSSR count). The van der Waals surface area contributed by atoms with Gasteiger partial charge in [-0.05, 0) is 17.7 Å². The number of benzene rings is 1. The van der Waals surface area contributed by atoms with Gasteiger partial charge >= 0.3 is 24.0 Å². The minimum absolute atomic E-state index is 0.0269. The smallest absolute Gasteiger partial charge is 0.459 e. The van der Waals surface area contributed by atoms with Crippen LogP contribution < -0.4 is 5.32 Å². The number of hydrogen-bond donors (Lipinski definition) is 2. The van der Waals surface area contributed by atoms with Gasteiger partial charge in [0.2, 0.25) is 0 Å². The Morgan fingerprint density at radius 3 is 2.23 bits per heavy atom. The zero-order valence-corrected chi connectivity index (χ0v) is 12.7. The first-order valence-electron chi connectivity index (χ1n) is 6.77. The fourth-order valence-corrected chi connectivity index (χ4v) is 1.66. The van der Waals surface area contributed by atoms with Crippen molar-refractivity contribution in [2.24, 2.45) is 0 Å². The zero-order chi connectivity index (χ0) is 20.2. The molecule has 5 nitrogen and oxygen atoms in total. The molecule has 1 aromatic carbocycles. The number of nitrogens with one attached hydrogen (secondary N) is 1. The van der Waals surface area contributed by atoms with Crippen LogP contribution in [0.2, 0.25) is 0 Å². The topological polar surface area (TPSA) is 75.6 Å². The van der Waals surface area contributed by atoms with Crippen molar-refractivity contribution < 1.29 is 50.2 Å². The van der Waals surface area contributed by atoms with E-state index in [1.807, 2.05) is 5.32 Å². The number of hydrogen-bond acceptors (Lipinski definition) is 3. The van der Waals surface area contributed by atoms with E-state index in [-0.39, 0.29) is 11.1 Å². The van der Waals surface area contributed by atoms with Gasteiger partial charge in [0.15, 0.2) is 0 Å². The summed E-state index contributed by atoms with van der Waals surface area (Å²) in [5.41, 5.74) is -0.0566. The first-order valence-corrected chi connectivity index (χ1v) is 6.77. The minimum atomic E-state index is -6.44. The summed E-state index contributed by atoms with van der Waals surface area (Å²) in [6, 6.07) is 4.83. The summed E-state index contributed by atoms with van der Waals surface area (Å²) in [6.07, 6.45) is -6.44. The summed E-state index contributed by atoms with van der Waals surface area (Å²) >= 11 is 0. The Kier molecular flexibility index (Phi) is 6.58. The van der Waals surface area contributed by atoms with Crippen LogP contribution >= 0.6 is 0 Å². The normalized spacial score (nSPS) is 12.7. The van der Waals surface area contributed by atoms with Crippen LogP contribution in [0, 0.1) is 0 Å². The standard InChI is InChI=1S/C14H12F7NO4/c15-12(16,13(17,18)14(19,20)21)7-26-6-8-2-1-3-9(4-8)11(25)22-5-10(23)24/h1-4H,5-7H2,(H,22,25)(H,23,24). The van der Waals surface area contributed by atoms with Crippen molar-refractivity contribution in [1.29, 1.82) is 0 Å². The third kappa shape index (κ3) is 5.31. The van der Waals surface area contributed by atoms with Gasteiger partial charge in [0.05, 0.1) is 6.61 Å². The van der Waals surface area contributed by atoms with Crippen LogP contribution in [0.1, 0.15) is 15.9 Å². The summed E-state index contributed by atoms with van der Waals surface area (Å²) in [5, 5.41) is 10.5. The largest absolute Gasteiger partial charge is 0.480 e. The predicted molar refractivity (Wildman–Crippen MR) is 72.0 cm³/mol. The molecule has 0 aliphatic carbocycles. The van der Waals surface area contributed by atoms with E-state index in [1.54, 1.807) is 0 Å². The Balaban J connectivity index is 2.70. The fraction of sp³-hybridized carbons (Fsp3) is 0.429. The second kappa shape index (κ2) is 7.89. The second-order valence-electron chi connectivity index (χ2n) is 5.05. The number of carbonyl (C=O) groups excluding carboxylic acids is 1. The highest BCUT2D eigenvalue weighted by atomic mass is 19.4. The summed E-state index contributed by atoms with van der Waals surface area (Å²) in [4.78, 5) is 22.0. The lowest BCUT2D eigenvalue weighted by Crippen LogP contribution is -2.54. The van der Waals surface area contributed by atoms with E-state index in [9.17, 15) is 40.3 Å². The highest BCUT2D eigenvalue weighted by Gasteiger charge is 2.72. The summed E-state index contributed by atoms with van der Waals surface area (Å²) in [7, 11) is 0. The Morgan fingerprint density at radius 1 is 1.08 bits per heavy atom. The number of carboxylic acids is 1. The van der Waals surface area contributed by atoms with Crippen LogP contribution in [-0.4, -0.2) is 48.2 Å². The fourth-order valence-electron chi connectivity index (χ4n) is 1.66. The van der Waals surface area contributed by atoms with E-state index in [1.165, 1.54) is 18.2 Å². The average Bonchev–Trinajstić information content (AvgIpc) is 2.51. The molecule has 0 bridgehead atoms. The number of ether oxygens (including phenoxy) is 1. The van der Waals surface area contributed by atoms with Gasteiger partial charge in [0.1, 0.15) is 13.2 Å². The number of amides is 1. The number of aliphatic carboxylic acids is 1. The molecule has 0 fully saturated rings. The monoisotopic (exact) mass is 391 g/mol. The molecule has 0 aliphatic heterocycles. The number of carboxylic acid groups (broad SMARTS) is 1. The van der Waals surface area contributed by atoms with Crippen molar-refractivity contribution in [3.63, 3.8) is 0 Å². The van der Waals surface area contributed by atoms with Crippen LogP contribution in [0.15, 0.2) is 24.3 Å². The van der Waals surface area contributed by atoms with Gasteiger partial charge in [-0.1, -0.05) is 12.1 Å². The zero-order valence-electron chi connectivity index (χ0n) is 12.7. The third-order valence-corrected chi connectivity index (χ3v) is 2.96. The lowest BCUT2D eigenvalue weighted by Gasteiger charge is -2.27. The van der Waals surface area contributed by atoms with Crippen molar-refractivity contribution in [1.82, 2.24) is 5.32 Å². The van der Waals surface area contributed by atoms with E-state index in [0.29, 0.717) is 0 Å². The van der Waals surface area contributed by atoms with Gasteiger partial charge in [-0.25, -0.2) is 0 Å². The van der Waals surface area contributed by atoms with Crippen LogP contribution in [0.25, 0.3) is 0 Å². The van der Waals surface area contributed by atoms with Crippen molar-refractivity contribution in [3.05, 3.63) is 35.4 Å². The third-order valence-electron chi connectivity index (χ3n) is 2.96. The van der Waals surface area contributed by atoms with Gasteiger partial charge < -0.3 is 15.2 Å². The van der Waals surface area contributed by atoms with Crippen molar-refractivity contribution >= 4 is 11.9 Å². The van der Waals surface area contributed by atoms with Gasteiger partial charge in [0.25, 0.3) is 5.91 Å². The molecule has 0 saturated carbocycles. The molecule has 2 N–H and O–H groups in total. The number of alkyl halides is 7. The molecule has 26 heavy (non-hydrogen) atoms. The second-order valence-corrected chi connectivity index (χ2v) is 5.05. The molecule has 0 heterocycles. The first kappa shape index (κ1) is 21.7. The van der Waals surface area contributed by atoms with Crippen molar-refractivity contribution in [2.45, 2.75) is 24.6 Å². The Labute approximate surface area is 141 Å². The van der Waals surface area contributed by atoms with Crippen LogP contribution in [-0.2, 0) is 16.1 Å². The average molecular weight is 391 g/mol. The minimum Gasteiger partial charge on any atom is -0.480 e. The lowest BCUT2D eigenvalue weighted by atomic mass is 10.1. The van der Waals surface area contributed by atoms with E-state index in [0.717, 1.165) is 6.07 Å². The van der Waals surface area contributed by atoms with E-state index < -0.39 is 49.7 Å². The van der Waals surface area contributed by atoms with E-state index in [2.05, 4.69) is 4.74 Å². The maximum atomic E-state index is 13.1. The molecule has 0 radical (unpaired) electrons. The molecular formula is C14H12F7NO4. The summed E-state index contributed by atoms with van der Waals surface area (Å²) in [6.45, 7) is -3.66. The Hall–Kier alpha value is -2.37. The lowest BCUT2D eigenvalue weighted by molar-refractivity contribution is -0.361. The number of carbonyl (C=O) groups is 2. The Bertz CT molecular complexity index is 661. The summed E-state index contributed by atoms with van der Waals surface area (Å²) < 4.78 is 91.7. The van der Waals surface area contributed by atoms with Crippen molar-refractivity contribution in [3.8, 4) is 0 Å². The molecule has 0 atom stereocenters. The Morgan fingerprint density at radius 2 is 1.69 bits per heavy atom.